The molecule has 1 aliphatic carbocycles. The van der Waals surface area contributed by atoms with Crippen LogP contribution in [-0.4, -0.2) is 76.3 Å². The van der Waals surface area contributed by atoms with Gasteiger partial charge in [-0.2, -0.15) is 0 Å². The lowest BCUT2D eigenvalue weighted by molar-refractivity contribution is -0.142. The van der Waals surface area contributed by atoms with Gasteiger partial charge in [-0.05, 0) is 50.5 Å². The highest BCUT2D eigenvalue weighted by Gasteiger charge is 2.54. The number of carbonyl (C=O) groups excluding carboxylic acids is 4. The van der Waals surface area contributed by atoms with Crippen LogP contribution in [-0.2, 0) is 9.59 Å². The van der Waals surface area contributed by atoms with Crippen molar-refractivity contribution in [3.63, 3.8) is 0 Å². The Morgan fingerprint density at radius 2 is 1.62 bits per heavy atom. The zero-order valence-electron chi connectivity index (χ0n) is 18.1. The summed E-state index contributed by atoms with van der Waals surface area (Å²) < 4.78 is 0. The molecule has 2 N–H and O–H groups in total. The molecular formula is C22H28ClN5O4. The summed E-state index contributed by atoms with van der Waals surface area (Å²) in [6.45, 7) is 3.27. The van der Waals surface area contributed by atoms with Gasteiger partial charge in [0.25, 0.3) is 5.91 Å². The normalized spacial score (nSPS) is 21.5. The van der Waals surface area contributed by atoms with E-state index in [4.69, 9.17) is 11.6 Å². The van der Waals surface area contributed by atoms with Crippen molar-refractivity contribution < 1.29 is 19.2 Å². The summed E-state index contributed by atoms with van der Waals surface area (Å²) in [5, 5.41) is 6.25. The van der Waals surface area contributed by atoms with Gasteiger partial charge in [-0.3, -0.25) is 9.59 Å². The maximum Gasteiger partial charge on any atom is 0.325 e. The van der Waals surface area contributed by atoms with Crippen molar-refractivity contribution in [2.75, 3.05) is 31.5 Å². The van der Waals surface area contributed by atoms with Gasteiger partial charge in [0.1, 0.15) is 11.6 Å². The van der Waals surface area contributed by atoms with E-state index < -0.39 is 17.6 Å². The van der Waals surface area contributed by atoms with Gasteiger partial charge in [0.05, 0.1) is 0 Å². The molecule has 0 aromatic heterocycles. The molecule has 32 heavy (non-hydrogen) atoms. The van der Waals surface area contributed by atoms with Gasteiger partial charge in [-0.1, -0.05) is 24.4 Å². The van der Waals surface area contributed by atoms with Crippen LogP contribution in [0.1, 0.15) is 39.0 Å². The van der Waals surface area contributed by atoms with Crippen molar-refractivity contribution in [3.8, 4) is 0 Å². The van der Waals surface area contributed by atoms with E-state index in [1.54, 1.807) is 41.0 Å². The van der Waals surface area contributed by atoms with Gasteiger partial charge >= 0.3 is 12.1 Å². The average molecular weight is 462 g/mol. The van der Waals surface area contributed by atoms with E-state index in [-0.39, 0.29) is 17.8 Å². The van der Waals surface area contributed by atoms with E-state index in [0.29, 0.717) is 56.2 Å². The zero-order chi connectivity index (χ0) is 22.9. The van der Waals surface area contributed by atoms with Crippen LogP contribution in [0, 0.1) is 0 Å². The second-order valence-corrected chi connectivity index (χ2v) is 9.11. The van der Waals surface area contributed by atoms with Crippen molar-refractivity contribution in [2.24, 2.45) is 0 Å². The van der Waals surface area contributed by atoms with Gasteiger partial charge in [0.15, 0.2) is 0 Å². The third-order valence-electron chi connectivity index (χ3n) is 6.59. The molecule has 6 amide bonds. The molecule has 1 aromatic rings. The number of rotatable bonds is 3. The number of anilines is 1. The summed E-state index contributed by atoms with van der Waals surface area (Å²) in [4.78, 5) is 55.7. The molecular weight excluding hydrogens is 434 g/mol. The lowest BCUT2D eigenvalue weighted by Crippen LogP contribution is -2.51. The monoisotopic (exact) mass is 461 g/mol. The first kappa shape index (κ1) is 22.4. The van der Waals surface area contributed by atoms with Crippen LogP contribution in [0.15, 0.2) is 24.3 Å². The maximum atomic E-state index is 13.2. The fraction of sp³-hybridized carbons (Fsp3) is 0.545. The van der Waals surface area contributed by atoms with Crippen molar-refractivity contribution in [1.82, 2.24) is 20.0 Å². The van der Waals surface area contributed by atoms with Crippen LogP contribution >= 0.6 is 11.6 Å². The first-order valence-electron chi connectivity index (χ1n) is 11.1. The van der Waals surface area contributed by atoms with Gasteiger partial charge < -0.3 is 20.4 Å². The summed E-state index contributed by atoms with van der Waals surface area (Å²) in [6, 6.07) is 5.25. The molecule has 0 bridgehead atoms. The Morgan fingerprint density at radius 3 is 2.31 bits per heavy atom. The van der Waals surface area contributed by atoms with Crippen molar-refractivity contribution in [1.29, 1.82) is 0 Å². The molecule has 10 heteroatoms. The molecule has 1 aromatic carbocycles. The van der Waals surface area contributed by atoms with Crippen molar-refractivity contribution >= 4 is 41.2 Å². The Morgan fingerprint density at radius 1 is 1.00 bits per heavy atom. The molecule has 2 heterocycles. The number of nitrogens with one attached hydrogen (secondary N) is 2. The number of nitrogens with zero attached hydrogens (tertiary/aromatic N) is 3. The Kier molecular flexibility index (Phi) is 6.28. The predicted molar refractivity (Wildman–Crippen MR) is 119 cm³/mol. The summed E-state index contributed by atoms with van der Waals surface area (Å²) in [6.07, 6.45) is 3.63. The number of hydrogen-bond donors (Lipinski definition) is 2. The highest BCUT2D eigenvalue weighted by molar-refractivity contribution is 6.30. The predicted octanol–water partition coefficient (Wildman–Crippen LogP) is 2.66. The van der Waals surface area contributed by atoms with Gasteiger partial charge in [0, 0.05) is 36.9 Å². The number of benzene rings is 1. The smallest absolute Gasteiger partial charge is 0.325 e. The van der Waals surface area contributed by atoms with Crippen LogP contribution in [0.4, 0.5) is 15.3 Å². The largest absolute Gasteiger partial charge is 0.339 e. The minimum Gasteiger partial charge on any atom is -0.339 e. The summed E-state index contributed by atoms with van der Waals surface area (Å²) in [7, 11) is 0. The Bertz CT molecular complexity index is 915. The fourth-order valence-electron chi connectivity index (χ4n) is 4.76. The Labute approximate surface area is 192 Å². The number of imide groups is 1. The molecule has 4 rings (SSSR count). The van der Waals surface area contributed by atoms with Crippen molar-refractivity contribution in [2.45, 2.75) is 50.6 Å². The molecule has 1 unspecified atom stereocenters. The highest BCUT2D eigenvalue weighted by Crippen LogP contribution is 2.36. The van der Waals surface area contributed by atoms with Crippen LogP contribution in [0.25, 0.3) is 0 Å². The van der Waals surface area contributed by atoms with Crippen LogP contribution in [0.5, 0.6) is 0 Å². The molecule has 3 fully saturated rings. The number of halogens is 1. The Hall–Kier alpha value is -2.81. The van der Waals surface area contributed by atoms with Crippen LogP contribution in [0.3, 0.4) is 0 Å². The fourth-order valence-corrected chi connectivity index (χ4v) is 4.89. The minimum atomic E-state index is -0.878. The maximum absolute atomic E-state index is 13.2. The van der Waals surface area contributed by atoms with Gasteiger partial charge in [-0.15, -0.1) is 0 Å². The standard InChI is InChI=1S/C22H28ClN5O4/c1-15(28-19(30)22(25-21(28)32)9-2-3-10-22)18(29)26-11-4-12-27(14-13-26)20(31)24-17-7-5-16(23)6-8-17/h5-8,15H,2-4,9-14H2,1H3,(H,24,31)(H,25,32). The quantitative estimate of drug-likeness (QED) is 0.675. The first-order chi connectivity index (χ1) is 15.3. The number of urea groups is 2. The van der Waals surface area contributed by atoms with E-state index >= 15 is 0 Å². The van der Waals surface area contributed by atoms with Crippen molar-refractivity contribution in [3.05, 3.63) is 29.3 Å². The minimum absolute atomic E-state index is 0.244. The lowest BCUT2D eigenvalue weighted by atomic mass is 9.97. The second kappa shape index (κ2) is 8.97. The molecule has 1 saturated carbocycles. The van der Waals surface area contributed by atoms with E-state index in [9.17, 15) is 19.2 Å². The summed E-state index contributed by atoms with van der Waals surface area (Å²) >= 11 is 5.88. The highest BCUT2D eigenvalue weighted by atomic mass is 35.5. The molecule has 3 aliphatic rings. The molecule has 0 radical (unpaired) electrons. The number of amides is 6. The Balaban J connectivity index is 1.36. The van der Waals surface area contributed by atoms with E-state index in [1.807, 2.05) is 0 Å². The van der Waals surface area contributed by atoms with Crippen LogP contribution < -0.4 is 10.6 Å². The van der Waals surface area contributed by atoms with E-state index in [0.717, 1.165) is 17.7 Å². The summed E-state index contributed by atoms with van der Waals surface area (Å²) in [5.41, 5.74) is -0.189. The van der Waals surface area contributed by atoms with Gasteiger partial charge in [0.2, 0.25) is 5.91 Å². The second-order valence-electron chi connectivity index (χ2n) is 8.67. The molecule has 9 nitrogen and oxygen atoms in total. The SMILES string of the molecule is CC(C(=O)N1CCCN(C(=O)Nc2ccc(Cl)cc2)CC1)N1C(=O)NC2(CCCC2)C1=O. The third kappa shape index (κ3) is 4.26. The average Bonchev–Trinajstić information content (AvgIpc) is 3.22. The molecule has 1 spiro atoms. The van der Waals surface area contributed by atoms with E-state index in [1.165, 1.54) is 0 Å². The van der Waals surface area contributed by atoms with E-state index in [2.05, 4.69) is 10.6 Å². The third-order valence-corrected chi connectivity index (χ3v) is 6.84. The molecule has 172 valence electrons. The molecule has 1 atom stereocenters. The van der Waals surface area contributed by atoms with Crippen LogP contribution in [0.2, 0.25) is 5.02 Å². The lowest BCUT2D eigenvalue weighted by Gasteiger charge is -2.29. The molecule has 2 saturated heterocycles. The summed E-state index contributed by atoms with van der Waals surface area (Å²) in [5.74, 6) is -0.567. The first-order valence-corrected chi connectivity index (χ1v) is 11.4. The van der Waals surface area contributed by atoms with Gasteiger partial charge in [-0.25, -0.2) is 14.5 Å². The molecule has 2 aliphatic heterocycles. The zero-order valence-corrected chi connectivity index (χ0v) is 18.9. The topological polar surface area (TPSA) is 102 Å². The number of carbonyl (C=O) groups is 4. The number of hydrogen-bond acceptors (Lipinski definition) is 4.